The van der Waals surface area contributed by atoms with Gasteiger partial charge in [-0.25, -0.2) is 4.79 Å². The number of nitrogens with zero attached hydrogens (tertiary/aromatic N) is 2. The van der Waals surface area contributed by atoms with Crippen LogP contribution in [-0.4, -0.2) is 66.9 Å². The smallest absolute Gasteiger partial charge is 0.343 e. The van der Waals surface area contributed by atoms with Gasteiger partial charge in [-0.3, -0.25) is 4.79 Å². The van der Waals surface area contributed by atoms with Crippen LogP contribution in [0.1, 0.15) is 62.1 Å². The summed E-state index contributed by atoms with van der Waals surface area (Å²) in [6, 6.07) is 11.2. The molecule has 1 saturated carbocycles. The van der Waals surface area contributed by atoms with Crippen LogP contribution in [0.15, 0.2) is 48.6 Å². The molecule has 2 N–H and O–H groups in total. The number of aliphatic hydroxyl groups excluding tert-OH is 1. The van der Waals surface area contributed by atoms with Crippen LogP contribution in [0, 0.1) is 17.8 Å². The van der Waals surface area contributed by atoms with Crippen LogP contribution in [0.5, 0.6) is 5.75 Å². The van der Waals surface area contributed by atoms with E-state index in [0.717, 1.165) is 55.5 Å². The molecule has 2 aliphatic heterocycles. The summed E-state index contributed by atoms with van der Waals surface area (Å²) in [6.45, 7) is 3.94. The quantitative estimate of drug-likeness (QED) is 0.348. The van der Waals surface area contributed by atoms with E-state index in [-0.39, 0.29) is 24.2 Å². The molecular formula is C35H45ClN2O6. The molecule has 5 atom stereocenters. The summed E-state index contributed by atoms with van der Waals surface area (Å²) >= 11 is 6.34. The molecule has 238 valence electrons. The average Bonchev–Trinajstić information content (AvgIpc) is 3.03. The zero-order valence-corrected chi connectivity index (χ0v) is 26.8. The third-order valence-electron chi connectivity index (χ3n) is 9.83. The number of halogens is 1. The van der Waals surface area contributed by atoms with E-state index >= 15 is 0 Å². The molecule has 1 fully saturated rings. The number of carbonyl (C=O) groups is 2. The zero-order valence-electron chi connectivity index (χ0n) is 26.0. The van der Waals surface area contributed by atoms with Crippen LogP contribution in [0.25, 0.3) is 0 Å². The lowest BCUT2D eigenvalue weighted by Crippen LogP contribution is -2.51. The predicted molar refractivity (Wildman–Crippen MR) is 171 cm³/mol. The number of aryl methyl sites for hydroxylation is 1. The van der Waals surface area contributed by atoms with Crippen molar-refractivity contribution < 1.29 is 29.3 Å². The molecule has 1 aliphatic carbocycles. The molecule has 2 aromatic carbocycles. The Bertz CT molecular complexity index is 1380. The number of hydrogen-bond donors (Lipinski definition) is 2. The molecule has 44 heavy (non-hydrogen) atoms. The summed E-state index contributed by atoms with van der Waals surface area (Å²) in [6.07, 6.45) is 8.68. The number of methoxy groups -OCH3 is 1. The number of fused-ring (bicyclic) bond motifs is 3. The number of amides is 1. The number of aliphatic hydroxyl groups is 2. The normalized spacial score (nSPS) is 28.8. The monoisotopic (exact) mass is 624 g/mol. The van der Waals surface area contributed by atoms with Crippen molar-refractivity contribution >= 4 is 29.2 Å². The molecule has 1 amide bonds. The number of esters is 1. The molecule has 8 nitrogen and oxygen atoms in total. The highest BCUT2D eigenvalue weighted by Crippen LogP contribution is 2.43. The topological polar surface area (TPSA) is 99.5 Å². The third-order valence-corrected chi connectivity index (χ3v) is 10.1. The Hall–Kier alpha value is -3.07. The first-order chi connectivity index (χ1) is 21.2. The van der Waals surface area contributed by atoms with Gasteiger partial charge in [0.2, 0.25) is 5.91 Å². The van der Waals surface area contributed by atoms with Crippen LogP contribution in [0.4, 0.5) is 5.69 Å². The van der Waals surface area contributed by atoms with Crippen molar-refractivity contribution in [3.8, 4) is 5.75 Å². The Balaban J connectivity index is 1.64. The molecule has 0 unspecified atom stereocenters. The lowest BCUT2D eigenvalue weighted by molar-refractivity contribution is -0.176. The van der Waals surface area contributed by atoms with Crippen LogP contribution in [0.3, 0.4) is 0 Å². The highest BCUT2D eigenvalue weighted by atomic mass is 35.5. The Kier molecular flexibility index (Phi) is 10.2. The van der Waals surface area contributed by atoms with Crippen molar-refractivity contribution in [2.75, 3.05) is 38.7 Å². The van der Waals surface area contributed by atoms with Gasteiger partial charge in [0.15, 0.2) is 5.60 Å². The molecule has 3 aliphatic rings. The molecule has 2 heterocycles. The van der Waals surface area contributed by atoms with E-state index < -0.39 is 23.6 Å². The standard InChI is InChI=1S/C35H45ClN2O6/c1-4-29-33(40)37(2)17-7-6-10-31(39)28-15-12-24(28)21-38-18-8-5-9-23-19-27(36)14-11-25(23)22-44-32-16-13-26(20-30(32)38)35(29,42)34(41)43-3/h6,10-11,13-14,16,19-20,24,28-29,31,39,42H,4-5,7-9,12,15,17-18,21-22H2,1-3H3/b10-6+/t24-,28+,29-,31-,35-/m0/s1. The van der Waals surface area contributed by atoms with Crippen molar-refractivity contribution in [1.29, 1.82) is 0 Å². The largest absolute Gasteiger partial charge is 0.487 e. The Morgan fingerprint density at radius 1 is 1.14 bits per heavy atom. The number of hydrogen-bond acceptors (Lipinski definition) is 7. The Labute approximate surface area is 265 Å². The van der Waals surface area contributed by atoms with Gasteiger partial charge in [0.05, 0.1) is 24.8 Å². The minimum atomic E-state index is -2.20. The van der Waals surface area contributed by atoms with E-state index in [1.807, 2.05) is 30.4 Å². The average molecular weight is 625 g/mol. The molecular weight excluding hydrogens is 580 g/mol. The van der Waals surface area contributed by atoms with Gasteiger partial charge in [-0.2, -0.15) is 0 Å². The van der Waals surface area contributed by atoms with Crippen molar-refractivity contribution in [2.24, 2.45) is 17.8 Å². The highest BCUT2D eigenvalue weighted by Gasteiger charge is 2.50. The maximum absolute atomic E-state index is 13.8. The molecule has 0 aromatic heterocycles. The van der Waals surface area contributed by atoms with E-state index in [1.54, 1.807) is 37.1 Å². The number of benzene rings is 2. The van der Waals surface area contributed by atoms with E-state index in [9.17, 15) is 19.8 Å². The number of carbonyl (C=O) groups excluding carboxylic acids is 2. The SMILES string of the molecule is CC[C@H]1C(=O)N(C)CC/C=C/[C@H](O)[C@@H]2CC[C@H]2CN2CCCCc3cc(Cl)ccc3COc3ccc(cc32)[C@@]1(O)C(=O)OC. The fraction of sp³-hybridized carbons (Fsp3) is 0.543. The van der Waals surface area contributed by atoms with Crippen molar-refractivity contribution in [1.82, 2.24) is 4.90 Å². The van der Waals surface area contributed by atoms with Crippen molar-refractivity contribution in [2.45, 2.75) is 70.2 Å². The maximum Gasteiger partial charge on any atom is 0.343 e. The van der Waals surface area contributed by atoms with Gasteiger partial charge in [0.25, 0.3) is 0 Å². The molecule has 5 rings (SSSR count). The van der Waals surface area contributed by atoms with Gasteiger partial charge in [-0.15, -0.1) is 0 Å². The third kappa shape index (κ3) is 6.49. The summed E-state index contributed by atoms with van der Waals surface area (Å²) in [7, 11) is 2.91. The fourth-order valence-corrected chi connectivity index (χ4v) is 7.21. The molecule has 0 spiro atoms. The first kappa shape index (κ1) is 32.3. The second-order valence-electron chi connectivity index (χ2n) is 12.5. The van der Waals surface area contributed by atoms with Gasteiger partial charge in [-0.1, -0.05) is 42.8 Å². The van der Waals surface area contributed by atoms with Crippen LogP contribution in [0.2, 0.25) is 5.02 Å². The lowest BCUT2D eigenvalue weighted by Gasteiger charge is -2.43. The highest BCUT2D eigenvalue weighted by molar-refractivity contribution is 6.30. The Morgan fingerprint density at radius 3 is 2.68 bits per heavy atom. The van der Waals surface area contributed by atoms with E-state index in [1.165, 1.54) is 7.11 Å². The lowest BCUT2D eigenvalue weighted by atomic mass is 9.70. The number of anilines is 1. The van der Waals surface area contributed by atoms with Gasteiger partial charge in [0, 0.05) is 31.7 Å². The first-order valence-electron chi connectivity index (χ1n) is 15.9. The van der Waals surface area contributed by atoms with E-state index in [2.05, 4.69) is 4.90 Å². The van der Waals surface area contributed by atoms with Crippen molar-refractivity contribution in [3.05, 3.63) is 70.3 Å². The summed E-state index contributed by atoms with van der Waals surface area (Å²) in [5, 5.41) is 24.0. The number of rotatable bonds is 2. The summed E-state index contributed by atoms with van der Waals surface area (Å²) in [4.78, 5) is 31.0. The van der Waals surface area contributed by atoms with Gasteiger partial charge >= 0.3 is 5.97 Å². The van der Waals surface area contributed by atoms with Crippen LogP contribution in [-0.2, 0) is 33.0 Å². The first-order valence-corrected chi connectivity index (χ1v) is 16.2. The van der Waals surface area contributed by atoms with Gasteiger partial charge in [0.1, 0.15) is 12.4 Å². The second-order valence-corrected chi connectivity index (χ2v) is 12.9. The number of ether oxygens (including phenoxy) is 2. The zero-order chi connectivity index (χ0) is 31.4. The molecule has 0 radical (unpaired) electrons. The van der Waals surface area contributed by atoms with Gasteiger partial charge in [-0.05, 0) is 97.7 Å². The van der Waals surface area contributed by atoms with E-state index in [4.69, 9.17) is 21.1 Å². The predicted octanol–water partition coefficient (Wildman–Crippen LogP) is 5.25. The minimum absolute atomic E-state index is 0.132. The summed E-state index contributed by atoms with van der Waals surface area (Å²) in [5.41, 5.74) is 1.07. The molecule has 9 heteroatoms. The van der Waals surface area contributed by atoms with Crippen molar-refractivity contribution in [3.63, 3.8) is 0 Å². The summed E-state index contributed by atoms with van der Waals surface area (Å²) < 4.78 is 11.6. The molecule has 0 saturated heterocycles. The van der Waals surface area contributed by atoms with Gasteiger partial charge < -0.3 is 29.5 Å². The Morgan fingerprint density at radius 2 is 1.95 bits per heavy atom. The summed E-state index contributed by atoms with van der Waals surface area (Å²) in [5.74, 6) is -1.26. The molecule has 2 aromatic rings. The minimum Gasteiger partial charge on any atom is -0.487 e. The fourth-order valence-electron chi connectivity index (χ4n) is 7.02. The maximum atomic E-state index is 13.8. The van der Waals surface area contributed by atoms with E-state index in [0.29, 0.717) is 42.5 Å². The molecule has 2 bridgehead atoms. The second kappa shape index (κ2) is 13.9. The van der Waals surface area contributed by atoms with Crippen LogP contribution < -0.4 is 9.64 Å². The van der Waals surface area contributed by atoms with Crippen LogP contribution >= 0.6 is 11.6 Å².